The van der Waals surface area contributed by atoms with Crippen molar-refractivity contribution in [2.75, 3.05) is 23.7 Å². The smallest absolute Gasteiger partial charge is 0.148 e. The number of nitrogens with two attached hydrogens (primary N) is 1. The minimum absolute atomic E-state index is 0.281. The molecule has 82 valence electrons. The van der Waals surface area contributed by atoms with Gasteiger partial charge in [-0.3, -0.25) is 0 Å². The maximum atomic E-state index is 13.6. The van der Waals surface area contributed by atoms with Crippen LogP contribution in [0.1, 0.15) is 19.3 Å². The first kappa shape index (κ1) is 10.6. The Morgan fingerprint density at radius 1 is 1.20 bits per heavy atom. The monoisotopic (exact) mass is 228 g/mol. The van der Waals surface area contributed by atoms with Crippen LogP contribution in [-0.4, -0.2) is 13.1 Å². The topological polar surface area (TPSA) is 29.3 Å². The van der Waals surface area contributed by atoms with Gasteiger partial charge in [-0.15, -0.1) is 0 Å². The number of anilines is 2. The normalized spacial score (nSPS) is 16.8. The summed E-state index contributed by atoms with van der Waals surface area (Å²) in [5.41, 5.74) is 6.69. The third-order valence-electron chi connectivity index (χ3n) is 2.76. The predicted octanol–water partition coefficient (Wildman–Crippen LogP) is 3.05. The van der Waals surface area contributed by atoms with Crippen LogP contribution in [0.15, 0.2) is 12.1 Å². The van der Waals surface area contributed by atoms with Gasteiger partial charge in [0.05, 0.1) is 16.4 Å². The number of halogens is 2. The van der Waals surface area contributed by atoms with Gasteiger partial charge in [0.15, 0.2) is 0 Å². The standard InChI is InChI=1S/C11H14ClFN2/c12-8-6-9(13)11(7-10(8)14)15-4-2-1-3-5-15/h6-7H,1-5,14H2. The van der Waals surface area contributed by atoms with Crippen LogP contribution in [0.4, 0.5) is 15.8 Å². The summed E-state index contributed by atoms with van der Waals surface area (Å²) in [7, 11) is 0. The summed E-state index contributed by atoms with van der Waals surface area (Å²) in [6.45, 7) is 1.80. The fraction of sp³-hybridized carbons (Fsp3) is 0.455. The van der Waals surface area contributed by atoms with Crippen molar-refractivity contribution in [3.8, 4) is 0 Å². The molecule has 0 unspecified atom stereocenters. The molecular weight excluding hydrogens is 215 g/mol. The molecule has 2 N–H and O–H groups in total. The average Bonchev–Trinajstić information content (AvgIpc) is 2.25. The number of nitrogens with zero attached hydrogens (tertiary/aromatic N) is 1. The molecule has 1 aliphatic rings. The maximum Gasteiger partial charge on any atom is 0.148 e. The molecule has 1 heterocycles. The molecule has 1 aromatic carbocycles. The number of piperidine rings is 1. The number of hydrogen-bond acceptors (Lipinski definition) is 2. The van der Waals surface area contributed by atoms with Crippen molar-refractivity contribution in [1.29, 1.82) is 0 Å². The minimum atomic E-state index is -0.281. The van der Waals surface area contributed by atoms with Crippen LogP contribution in [0, 0.1) is 5.82 Å². The van der Waals surface area contributed by atoms with E-state index in [4.69, 9.17) is 17.3 Å². The van der Waals surface area contributed by atoms with Crippen molar-refractivity contribution in [2.24, 2.45) is 0 Å². The molecule has 1 aromatic rings. The molecule has 0 radical (unpaired) electrons. The van der Waals surface area contributed by atoms with Crippen molar-refractivity contribution < 1.29 is 4.39 Å². The van der Waals surface area contributed by atoms with Crippen LogP contribution < -0.4 is 10.6 Å². The summed E-state index contributed by atoms with van der Waals surface area (Å²) in [5, 5.41) is 0.285. The first-order valence-corrected chi connectivity index (χ1v) is 5.56. The second-order valence-corrected chi connectivity index (χ2v) is 4.28. The Labute approximate surface area is 93.8 Å². The largest absolute Gasteiger partial charge is 0.397 e. The quantitative estimate of drug-likeness (QED) is 0.749. The Hall–Kier alpha value is -0.960. The summed E-state index contributed by atoms with van der Waals surface area (Å²) >= 11 is 5.74. The zero-order chi connectivity index (χ0) is 10.8. The number of rotatable bonds is 1. The molecule has 1 fully saturated rings. The zero-order valence-electron chi connectivity index (χ0n) is 8.47. The van der Waals surface area contributed by atoms with E-state index < -0.39 is 0 Å². The number of hydrogen-bond donors (Lipinski definition) is 1. The van der Waals surface area contributed by atoms with Gasteiger partial charge in [0.1, 0.15) is 5.82 Å². The summed E-state index contributed by atoms with van der Waals surface area (Å²) in [6, 6.07) is 2.92. The van der Waals surface area contributed by atoms with Crippen molar-refractivity contribution >= 4 is 23.0 Å². The Kier molecular flexibility index (Phi) is 3.00. The molecule has 0 aromatic heterocycles. The van der Waals surface area contributed by atoms with Crippen LogP contribution in [0.25, 0.3) is 0 Å². The summed E-state index contributed by atoms with van der Waals surface area (Å²) < 4.78 is 13.6. The van der Waals surface area contributed by atoms with E-state index >= 15 is 0 Å². The number of nitrogen functional groups attached to an aromatic ring is 1. The lowest BCUT2D eigenvalue weighted by Crippen LogP contribution is -2.30. The van der Waals surface area contributed by atoms with E-state index in [1.807, 2.05) is 4.90 Å². The van der Waals surface area contributed by atoms with Gasteiger partial charge in [0.25, 0.3) is 0 Å². The van der Waals surface area contributed by atoms with Crippen LogP contribution in [0.5, 0.6) is 0 Å². The van der Waals surface area contributed by atoms with Gasteiger partial charge in [-0.05, 0) is 31.4 Å². The lowest BCUT2D eigenvalue weighted by Gasteiger charge is -2.29. The Morgan fingerprint density at radius 2 is 1.87 bits per heavy atom. The number of benzene rings is 1. The third kappa shape index (κ3) is 2.17. The SMILES string of the molecule is Nc1cc(N2CCCCC2)c(F)cc1Cl. The lowest BCUT2D eigenvalue weighted by atomic mass is 10.1. The Balaban J connectivity index is 2.30. The molecule has 1 aliphatic heterocycles. The van der Waals surface area contributed by atoms with E-state index in [1.165, 1.54) is 12.5 Å². The van der Waals surface area contributed by atoms with E-state index in [0.717, 1.165) is 25.9 Å². The molecule has 1 saturated heterocycles. The second kappa shape index (κ2) is 4.27. The van der Waals surface area contributed by atoms with E-state index in [9.17, 15) is 4.39 Å². The highest BCUT2D eigenvalue weighted by Crippen LogP contribution is 2.30. The van der Waals surface area contributed by atoms with Crippen LogP contribution in [0.2, 0.25) is 5.02 Å². The van der Waals surface area contributed by atoms with Crippen molar-refractivity contribution in [1.82, 2.24) is 0 Å². The van der Waals surface area contributed by atoms with Crippen LogP contribution >= 0.6 is 11.6 Å². The molecule has 0 atom stereocenters. The first-order chi connectivity index (χ1) is 7.18. The highest BCUT2D eigenvalue weighted by molar-refractivity contribution is 6.33. The molecular formula is C11H14ClFN2. The summed E-state index contributed by atoms with van der Waals surface area (Å²) in [6.07, 6.45) is 3.45. The van der Waals surface area contributed by atoms with Gasteiger partial charge in [-0.25, -0.2) is 4.39 Å². The highest BCUT2D eigenvalue weighted by atomic mass is 35.5. The second-order valence-electron chi connectivity index (χ2n) is 3.87. The average molecular weight is 229 g/mol. The van der Waals surface area contributed by atoms with Gasteiger partial charge in [-0.1, -0.05) is 11.6 Å². The van der Waals surface area contributed by atoms with Gasteiger partial charge >= 0.3 is 0 Å². The molecule has 2 nitrogen and oxygen atoms in total. The summed E-state index contributed by atoms with van der Waals surface area (Å²) in [4.78, 5) is 2.03. The van der Waals surface area contributed by atoms with Crippen LogP contribution in [-0.2, 0) is 0 Å². The zero-order valence-corrected chi connectivity index (χ0v) is 9.23. The Morgan fingerprint density at radius 3 is 2.53 bits per heavy atom. The molecule has 0 spiro atoms. The lowest BCUT2D eigenvalue weighted by molar-refractivity contribution is 0.557. The van der Waals surface area contributed by atoms with E-state index in [1.54, 1.807) is 6.07 Å². The minimum Gasteiger partial charge on any atom is -0.397 e. The maximum absolute atomic E-state index is 13.6. The molecule has 0 amide bonds. The fourth-order valence-corrected chi connectivity index (χ4v) is 2.08. The highest BCUT2D eigenvalue weighted by Gasteiger charge is 2.16. The van der Waals surface area contributed by atoms with Crippen molar-refractivity contribution in [3.63, 3.8) is 0 Å². The van der Waals surface area contributed by atoms with Crippen molar-refractivity contribution in [3.05, 3.63) is 23.0 Å². The third-order valence-corrected chi connectivity index (χ3v) is 3.09. The molecule has 2 rings (SSSR count). The van der Waals surface area contributed by atoms with Gasteiger partial charge in [-0.2, -0.15) is 0 Å². The van der Waals surface area contributed by atoms with Gasteiger partial charge in [0.2, 0.25) is 0 Å². The van der Waals surface area contributed by atoms with E-state index in [-0.39, 0.29) is 10.8 Å². The predicted molar refractivity (Wildman–Crippen MR) is 61.9 cm³/mol. The van der Waals surface area contributed by atoms with Gasteiger partial charge < -0.3 is 10.6 Å². The van der Waals surface area contributed by atoms with Gasteiger partial charge in [0, 0.05) is 13.1 Å². The van der Waals surface area contributed by atoms with Crippen LogP contribution in [0.3, 0.4) is 0 Å². The summed E-state index contributed by atoms with van der Waals surface area (Å²) in [5.74, 6) is -0.281. The molecule has 4 heteroatoms. The van der Waals surface area contributed by atoms with Crippen molar-refractivity contribution in [2.45, 2.75) is 19.3 Å². The fourth-order valence-electron chi connectivity index (χ4n) is 1.93. The van der Waals surface area contributed by atoms with E-state index in [2.05, 4.69) is 0 Å². The molecule has 0 saturated carbocycles. The molecule has 15 heavy (non-hydrogen) atoms. The molecule has 0 bridgehead atoms. The molecule has 0 aliphatic carbocycles. The first-order valence-electron chi connectivity index (χ1n) is 5.18. The van der Waals surface area contributed by atoms with E-state index in [0.29, 0.717) is 11.4 Å². The Bertz CT molecular complexity index is 362.